The van der Waals surface area contributed by atoms with Crippen LogP contribution in [0.25, 0.3) is 17.5 Å². The normalized spacial score (nSPS) is 15.9. The first-order valence-corrected chi connectivity index (χ1v) is 12.7. The standard InChI is InChI=1S/C29H29N3O3S/c1-16(2)19-8-6-18(7-9-19)14-23-27(33)32-26(31)25(29(34)35-5)24(22(15-30)28(32)36-23)21-12-10-20(11-13-21)17(3)4/h6-14,16-17,24H,31H2,1-5H3/b23-14-/t24-/m0/s1. The molecule has 3 aromatic rings. The second kappa shape index (κ2) is 10.00. The summed E-state index contributed by atoms with van der Waals surface area (Å²) in [6, 6.07) is 18.0. The molecule has 0 unspecified atom stereocenters. The zero-order valence-corrected chi connectivity index (χ0v) is 21.8. The molecule has 184 valence electrons. The molecule has 0 radical (unpaired) electrons. The summed E-state index contributed by atoms with van der Waals surface area (Å²) >= 11 is 1.20. The van der Waals surface area contributed by atoms with E-state index in [1.165, 1.54) is 28.6 Å². The lowest BCUT2D eigenvalue weighted by molar-refractivity contribution is -0.136. The molecule has 0 fully saturated rings. The van der Waals surface area contributed by atoms with Gasteiger partial charge in [-0.1, -0.05) is 76.2 Å². The molecule has 1 aliphatic heterocycles. The van der Waals surface area contributed by atoms with Crippen LogP contribution in [0.3, 0.4) is 0 Å². The maximum atomic E-state index is 13.4. The average molecular weight is 500 g/mol. The molecule has 2 heterocycles. The van der Waals surface area contributed by atoms with Gasteiger partial charge in [-0.05, 0) is 40.2 Å². The monoisotopic (exact) mass is 499 g/mol. The van der Waals surface area contributed by atoms with E-state index in [-0.39, 0.29) is 17.0 Å². The minimum Gasteiger partial charge on any atom is -0.466 e. The van der Waals surface area contributed by atoms with E-state index in [4.69, 9.17) is 10.5 Å². The van der Waals surface area contributed by atoms with Gasteiger partial charge in [-0.25, -0.2) is 4.79 Å². The first kappa shape index (κ1) is 25.2. The SMILES string of the molecule is COC(=O)C1=C(N)n2c(s/c(=C\c3ccc(C(C)C)cc3)c2=O)=C(C#N)[C@@H]1c1ccc(C(C)C)cc1. The van der Waals surface area contributed by atoms with Crippen molar-refractivity contribution < 1.29 is 9.53 Å². The summed E-state index contributed by atoms with van der Waals surface area (Å²) in [5, 5.41) is 10.2. The fourth-order valence-electron chi connectivity index (χ4n) is 4.40. The summed E-state index contributed by atoms with van der Waals surface area (Å²) in [4.78, 5) is 26.3. The smallest absolute Gasteiger partial charge is 0.338 e. The number of thiazole rings is 1. The van der Waals surface area contributed by atoms with Gasteiger partial charge in [0.2, 0.25) is 0 Å². The van der Waals surface area contributed by atoms with Crippen LogP contribution in [0, 0.1) is 11.3 Å². The topological polar surface area (TPSA) is 98.1 Å². The number of fused-ring (bicyclic) bond motifs is 1. The maximum Gasteiger partial charge on any atom is 0.338 e. The Morgan fingerprint density at radius 3 is 2.11 bits per heavy atom. The van der Waals surface area contributed by atoms with Crippen LogP contribution < -0.4 is 20.5 Å². The van der Waals surface area contributed by atoms with E-state index in [0.29, 0.717) is 26.6 Å². The van der Waals surface area contributed by atoms with Crippen LogP contribution in [-0.2, 0) is 9.53 Å². The molecule has 1 atom stereocenters. The molecule has 6 nitrogen and oxygen atoms in total. The van der Waals surface area contributed by atoms with Crippen LogP contribution in [0.4, 0.5) is 0 Å². The average Bonchev–Trinajstić information content (AvgIpc) is 3.19. The molecule has 1 aliphatic rings. The minimum absolute atomic E-state index is 0.00941. The molecule has 2 N–H and O–H groups in total. The number of nitrogens with zero attached hydrogens (tertiary/aromatic N) is 2. The van der Waals surface area contributed by atoms with Crippen molar-refractivity contribution in [3.8, 4) is 6.07 Å². The van der Waals surface area contributed by atoms with Gasteiger partial charge in [0.15, 0.2) is 0 Å². The number of aromatic nitrogens is 1. The van der Waals surface area contributed by atoms with Gasteiger partial charge in [-0.3, -0.25) is 9.36 Å². The summed E-state index contributed by atoms with van der Waals surface area (Å²) in [7, 11) is 1.26. The van der Waals surface area contributed by atoms with Crippen molar-refractivity contribution in [2.45, 2.75) is 45.4 Å². The number of carbonyl (C=O) groups is 1. The lowest BCUT2D eigenvalue weighted by Gasteiger charge is -2.25. The van der Waals surface area contributed by atoms with Crippen molar-refractivity contribution >= 4 is 34.8 Å². The lowest BCUT2D eigenvalue weighted by atomic mass is 9.83. The van der Waals surface area contributed by atoms with Gasteiger partial charge in [-0.15, -0.1) is 11.3 Å². The molecule has 2 aromatic carbocycles. The summed E-state index contributed by atoms with van der Waals surface area (Å²) in [6.45, 7) is 8.44. The van der Waals surface area contributed by atoms with Crippen molar-refractivity contribution in [2.24, 2.45) is 5.73 Å². The van der Waals surface area contributed by atoms with Crippen LogP contribution in [0.1, 0.15) is 67.7 Å². The fourth-order valence-corrected chi connectivity index (χ4v) is 5.53. The van der Waals surface area contributed by atoms with Crippen molar-refractivity contribution in [3.05, 3.63) is 95.9 Å². The number of nitriles is 1. The Labute approximate surface area is 214 Å². The zero-order valence-electron chi connectivity index (χ0n) is 21.0. The van der Waals surface area contributed by atoms with Gasteiger partial charge in [0.25, 0.3) is 5.56 Å². The summed E-state index contributed by atoms with van der Waals surface area (Å²) in [6.07, 6.45) is 1.79. The van der Waals surface area contributed by atoms with Gasteiger partial charge in [0, 0.05) is 0 Å². The molecule has 0 saturated heterocycles. The third kappa shape index (κ3) is 4.40. The Balaban J connectivity index is 1.98. The molecule has 0 amide bonds. The van der Waals surface area contributed by atoms with Crippen molar-refractivity contribution in [2.75, 3.05) is 7.11 Å². The molecule has 4 rings (SSSR count). The Bertz CT molecular complexity index is 1560. The van der Waals surface area contributed by atoms with Gasteiger partial charge in [0.1, 0.15) is 10.5 Å². The molecule has 1 aromatic heterocycles. The Hall–Kier alpha value is -3.89. The lowest BCUT2D eigenvalue weighted by Crippen LogP contribution is -2.40. The van der Waals surface area contributed by atoms with E-state index in [2.05, 4.69) is 33.8 Å². The van der Waals surface area contributed by atoms with E-state index >= 15 is 0 Å². The minimum atomic E-state index is -0.736. The van der Waals surface area contributed by atoms with Crippen LogP contribution in [0.5, 0.6) is 0 Å². The van der Waals surface area contributed by atoms with Crippen LogP contribution >= 0.6 is 11.3 Å². The molecular formula is C29H29N3O3S. The largest absolute Gasteiger partial charge is 0.466 e. The number of hydrogen-bond acceptors (Lipinski definition) is 6. The quantitative estimate of drug-likeness (QED) is 0.539. The summed E-state index contributed by atoms with van der Waals surface area (Å²) in [5.41, 5.74) is 10.4. The second-order valence-electron chi connectivity index (χ2n) is 9.45. The van der Waals surface area contributed by atoms with Crippen LogP contribution in [0.15, 0.2) is 58.9 Å². The van der Waals surface area contributed by atoms with Gasteiger partial charge >= 0.3 is 5.97 Å². The highest BCUT2D eigenvalue weighted by atomic mass is 32.1. The number of carbonyl (C=O) groups excluding carboxylic acids is 1. The zero-order chi connectivity index (χ0) is 26.1. The fraction of sp³-hybridized carbons (Fsp3) is 0.276. The number of ether oxygens (including phenoxy) is 1. The number of nitrogens with two attached hydrogens (primary N) is 1. The van der Waals surface area contributed by atoms with Crippen molar-refractivity contribution in [1.82, 2.24) is 4.57 Å². The van der Waals surface area contributed by atoms with Gasteiger partial charge in [0.05, 0.1) is 34.8 Å². The first-order valence-electron chi connectivity index (χ1n) is 11.8. The number of benzene rings is 2. The number of rotatable bonds is 5. The third-order valence-corrected chi connectivity index (χ3v) is 7.62. The van der Waals surface area contributed by atoms with Crippen molar-refractivity contribution in [1.29, 1.82) is 5.26 Å². The maximum absolute atomic E-state index is 13.4. The summed E-state index contributed by atoms with van der Waals surface area (Å²) < 4.78 is 7.16. The van der Waals surface area contributed by atoms with E-state index in [0.717, 1.165) is 16.7 Å². The third-order valence-electron chi connectivity index (χ3n) is 6.51. The Morgan fingerprint density at radius 1 is 1.06 bits per heavy atom. The molecule has 0 bridgehead atoms. The van der Waals surface area contributed by atoms with E-state index in [1.54, 1.807) is 6.08 Å². The Morgan fingerprint density at radius 2 is 1.61 bits per heavy atom. The van der Waals surface area contributed by atoms with Crippen LogP contribution in [-0.4, -0.2) is 17.6 Å². The molecule has 36 heavy (non-hydrogen) atoms. The highest BCUT2D eigenvalue weighted by molar-refractivity contribution is 7.07. The Kier molecular flexibility index (Phi) is 7.00. The summed E-state index contributed by atoms with van der Waals surface area (Å²) in [5.74, 6) is -0.679. The first-order chi connectivity index (χ1) is 17.2. The highest BCUT2D eigenvalue weighted by Crippen LogP contribution is 2.37. The van der Waals surface area contributed by atoms with E-state index in [9.17, 15) is 14.9 Å². The predicted octanol–water partition coefficient (Wildman–Crippen LogP) is 3.76. The predicted molar refractivity (Wildman–Crippen MR) is 144 cm³/mol. The molecule has 0 spiro atoms. The van der Waals surface area contributed by atoms with Crippen LogP contribution in [0.2, 0.25) is 0 Å². The van der Waals surface area contributed by atoms with E-state index < -0.39 is 11.9 Å². The van der Waals surface area contributed by atoms with E-state index in [1.807, 2.05) is 48.5 Å². The molecular weight excluding hydrogens is 470 g/mol. The number of esters is 1. The number of methoxy groups -OCH3 is 1. The molecule has 0 aliphatic carbocycles. The molecule has 7 heteroatoms. The highest BCUT2D eigenvalue weighted by Gasteiger charge is 2.36. The van der Waals surface area contributed by atoms with Crippen molar-refractivity contribution in [3.63, 3.8) is 0 Å². The second-order valence-corrected chi connectivity index (χ2v) is 10.5. The van der Waals surface area contributed by atoms with Gasteiger partial charge < -0.3 is 10.5 Å². The number of hydrogen-bond donors (Lipinski definition) is 1. The van der Waals surface area contributed by atoms with Gasteiger partial charge in [-0.2, -0.15) is 5.26 Å². The molecule has 0 saturated carbocycles.